The van der Waals surface area contributed by atoms with Crippen molar-refractivity contribution in [2.24, 2.45) is 5.92 Å². The Morgan fingerprint density at radius 1 is 1.24 bits per heavy atom. The first-order valence-electron chi connectivity index (χ1n) is 7.27. The Labute approximate surface area is 105 Å². The van der Waals surface area contributed by atoms with Gasteiger partial charge in [0.1, 0.15) is 0 Å². The second kappa shape index (κ2) is 6.17. The third kappa shape index (κ3) is 3.01. The van der Waals surface area contributed by atoms with E-state index in [0.29, 0.717) is 12.1 Å². The van der Waals surface area contributed by atoms with Crippen molar-refractivity contribution in [2.75, 3.05) is 19.8 Å². The van der Waals surface area contributed by atoms with E-state index in [1.807, 2.05) is 0 Å². The normalized spacial score (nSPS) is 40.4. The first kappa shape index (κ1) is 13.3. The van der Waals surface area contributed by atoms with E-state index in [0.717, 1.165) is 38.5 Å². The molecule has 0 bridgehead atoms. The van der Waals surface area contributed by atoms with Crippen LogP contribution in [0.25, 0.3) is 0 Å². The molecule has 0 spiro atoms. The van der Waals surface area contributed by atoms with Gasteiger partial charge in [-0.2, -0.15) is 0 Å². The van der Waals surface area contributed by atoms with Crippen LogP contribution in [0.5, 0.6) is 0 Å². The van der Waals surface area contributed by atoms with Crippen LogP contribution in [-0.2, 0) is 4.74 Å². The van der Waals surface area contributed by atoms with E-state index >= 15 is 0 Å². The molecule has 1 aliphatic heterocycles. The van der Waals surface area contributed by atoms with Crippen molar-refractivity contribution in [2.45, 2.75) is 64.1 Å². The zero-order chi connectivity index (χ0) is 12.3. The van der Waals surface area contributed by atoms with Crippen LogP contribution in [0.15, 0.2) is 0 Å². The average Bonchev–Trinajstić information content (AvgIpc) is 2.39. The van der Waals surface area contributed by atoms with Gasteiger partial charge in [-0.3, -0.25) is 4.90 Å². The minimum absolute atomic E-state index is 0.120. The smallest absolute Gasteiger partial charge is 0.0695 e. The van der Waals surface area contributed by atoms with Crippen molar-refractivity contribution in [3.8, 4) is 0 Å². The maximum absolute atomic E-state index is 10.3. The number of nitrogens with zero attached hydrogens (tertiary/aromatic N) is 1. The number of aliphatic hydroxyl groups is 1. The first-order chi connectivity index (χ1) is 8.26. The van der Waals surface area contributed by atoms with E-state index < -0.39 is 0 Å². The molecule has 1 N–H and O–H groups in total. The summed E-state index contributed by atoms with van der Waals surface area (Å²) in [7, 11) is 0. The predicted molar refractivity (Wildman–Crippen MR) is 69.0 cm³/mol. The summed E-state index contributed by atoms with van der Waals surface area (Å²) < 4.78 is 5.56. The molecular weight excluding hydrogens is 214 g/mol. The second-order valence-corrected chi connectivity index (χ2v) is 5.60. The minimum atomic E-state index is -0.120. The molecule has 0 aromatic rings. The Hall–Kier alpha value is -0.120. The van der Waals surface area contributed by atoms with Crippen molar-refractivity contribution in [3.63, 3.8) is 0 Å². The summed E-state index contributed by atoms with van der Waals surface area (Å²) in [5.74, 6) is 0.809. The van der Waals surface area contributed by atoms with Gasteiger partial charge in [0.15, 0.2) is 0 Å². The monoisotopic (exact) mass is 241 g/mol. The van der Waals surface area contributed by atoms with E-state index in [4.69, 9.17) is 4.74 Å². The van der Waals surface area contributed by atoms with Crippen LogP contribution < -0.4 is 0 Å². The van der Waals surface area contributed by atoms with Crippen LogP contribution in [0.4, 0.5) is 0 Å². The van der Waals surface area contributed by atoms with Gasteiger partial charge in [-0.25, -0.2) is 0 Å². The van der Waals surface area contributed by atoms with Crippen LogP contribution in [-0.4, -0.2) is 48.0 Å². The zero-order valence-corrected chi connectivity index (χ0v) is 11.3. The maximum Gasteiger partial charge on any atom is 0.0695 e. The van der Waals surface area contributed by atoms with Gasteiger partial charge < -0.3 is 9.84 Å². The highest BCUT2D eigenvalue weighted by Crippen LogP contribution is 2.32. The van der Waals surface area contributed by atoms with Gasteiger partial charge in [-0.15, -0.1) is 0 Å². The maximum atomic E-state index is 10.3. The molecule has 1 heterocycles. The second-order valence-electron chi connectivity index (χ2n) is 5.60. The van der Waals surface area contributed by atoms with Crippen molar-refractivity contribution in [1.82, 2.24) is 4.90 Å². The number of morpholine rings is 1. The number of hydrogen-bond acceptors (Lipinski definition) is 3. The molecule has 3 nitrogen and oxygen atoms in total. The van der Waals surface area contributed by atoms with Gasteiger partial charge in [0.05, 0.1) is 19.3 Å². The van der Waals surface area contributed by atoms with Crippen LogP contribution in [0.2, 0.25) is 0 Å². The summed E-state index contributed by atoms with van der Waals surface area (Å²) in [5, 5.41) is 10.3. The molecule has 0 aromatic heterocycles. The molecule has 0 radical (unpaired) electrons. The molecule has 2 rings (SSSR count). The number of rotatable bonds is 3. The van der Waals surface area contributed by atoms with E-state index in [9.17, 15) is 5.11 Å². The fraction of sp³-hybridized carbons (Fsp3) is 1.00. The third-order valence-electron chi connectivity index (χ3n) is 4.64. The van der Waals surface area contributed by atoms with Crippen molar-refractivity contribution < 1.29 is 9.84 Å². The molecule has 100 valence electrons. The molecule has 1 aliphatic carbocycles. The molecule has 4 unspecified atom stereocenters. The summed E-state index contributed by atoms with van der Waals surface area (Å²) in [6, 6.07) is 0.890. The molecule has 2 fully saturated rings. The van der Waals surface area contributed by atoms with E-state index in [-0.39, 0.29) is 6.10 Å². The number of aliphatic hydroxyl groups excluding tert-OH is 1. The lowest BCUT2D eigenvalue weighted by Gasteiger charge is -2.46. The van der Waals surface area contributed by atoms with Crippen LogP contribution >= 0.6 is 0 Å². The molecular formula is C14H27NO2. The van der Waals surface area contributed by atoms with Gasteiger partial charge in [0.25, 0.3) is 0 Å². The van der Waals surface area contributed by atoms with Crippen molar-refractivity contribution in [1.29, 1.82) is 0 Å². The van der Waals surface area contributed by atoms with E-state index in [1.54, 1.807) is 0 Å². The SMILES string of the molecule is CCC1CCC(O)C(N2CCOCC2CC)C1. The molecule has 3 heteroatoms. The molecule has 1 saturated heterocycles. The van der Waals surface area contributed by atoms with Crippen LogP contribution in [0.1, 0.15) is 46.0 Å². The Morgan fingerprint density at radius 2 is 2.06 bits per heavy atom. The highest BCUT2D eigenvalue weighted by Gasteiger charge is 2.36. The van der Waals surface area contributed by atoms with E-state index in [2.05, 4.69) is 18.7 Å². The first-order valence-corrected chi connectivity index (χ1v) is 7.27. The number of ether oxygens (including phenoxy) is 1. The fourth-order valence-electron chi connectivity index (χ4n) is 3.40. The third-order valence-corrected chi connectivity index (χ3v) is 4.64. The Kier molecular flexibility index (Phi) is 4.83. The largest absolute Gasteiger partial charge is 0.391 e. The molecule has 4 atom stereocenters. The lowest BCUT2D eigenvalue weighted by atomic mass is 9.81. The quantitative estimate of drug-likeness (QED) is 0.820. The summed E-state index contributed by atoms with van der Waals surface area (Å²) >= 11 is 0. The molecule has 0 aromatic carbocycles. The predicted octanol–water partition coefficient (Wildman–Crippen LogP) is 2.04. The molecule has 17 heavy (non-hydrogen) atoms. The summed E-state index contributed by atoms with van der Waals surface area (Å²) in [4.78, 5) is 2.52. The lowest BCUT2D eigenvalue weighted by molar-refractivity contribution is -0.0781. The van der Waals surface area contributed by atoms with Gasteiger partial charge in [0, 0.05) is 18.6 Å². The minimum Gasteiger partial charge on any atom is -0.391 e. The van der Waals surface area contributed by atoms with Gasteiger partial charge >= 0.3 is 0 Å². The Morgan fingerprint density at radius 3 is 2.76 bits per heavy atom. The average molecular weight is 241 g/mol. The molecule has 0 amide bonds. The van der Waals surface area contributed by atoms with Gasteiger partial charge in [-0.1, -0.05) is 20.3 Å². The zero-order valence-electron chi connectivity index (χ0n) is 11.3. The Bertz CT molecular complexity index is 234. The summed E-state index contributed by atoms with van der Waals surface area (Å²) in [5.41, 5.74) is 0. The topological polar surface area (TPSA) is 32.7 Å². The number of hydrogen-bond donors (Lipinski definition) is 1. The molecule has 2 aliphatic rings. The van der Waals surface area contributed by atoms with Crippen molar-refractivity contribution >= 4 is 0 Å². The van der Waals surface area contributed by atoms with Crippen LogP contribution in [0.3, 0.4) is 0 Å². The summed E-state index contributed by atoms with van der Waals surface area (Å²) in [6.07, 6.45) is 5.62. The van der Waals surface area contributed by atoms with Gasteiger partial charge in [-0.05, 0) is 31.6 Å². The lowest BCUT2D eigenvalue weighted by Crippen LogP contribution is -2.56. The van der Waals surface area contributed by atoms with Gasteiger partial charge in [0.2, 0.25) is 0 Å². The van der Waals surface area contributed by atoms with E-state index in [1.165, 1.54) is 19.3 Å². The fourth-order valence-corrected chi connectivity index (χ4v) is 3.40. The highest BCUT2D eigenvalue weighted by molar-refractivity contribution is 4.90. The molecule has 1 saturated carbocycles. The van der Waals surface area contributed by atoms with Crippen LogP contribution in [0, 0.1) is 5.92 Å². The summed E-state index contributed by atoms with van der Waals surface area (Å²) in [6.45, 7) is 7.17. The Balaban J connectivity index is 2.01. The van der Waals surface area contributed by atoms with Crippen molar-refractivity contribution in [3.05, 3.63) is 0 Å². The standard InChI is InChI=1S/C14H27NO2/c1-3-11-5-6-14(16)13(9-11)15-7-8-17-10-12(15)4-2/h11-14,16H,3-10H2,1-2H3. The highest BCUT2D eigenvalue weighted by atomic mass is 16.5.